The molecule has 2 unspecified atom stereocenters. The van der Waals surface area contributed by atoms with Crippen molar-refractivity contribution in [1.29, 1.82) is 0 Å². The molecule has 0 radical (unpaired) electrons. The number of phosphoric acid groups is 1. The highest BCUT2D eigenvalue weighted by Crippen LogP contribution is 2.43. The van der Waals surface area contributed by atoms with Crippen molar-refractivity contribution < 1.29 is 42.1 Å². The molecule has 99 heavy (non-hydrogen) atoms. The zero-order chi connectivity index (χ0) is 71.8. The first-order valence-electron chi connectivity index (χ1n) is 44.6. The molecule has 0 aliphatic carbocycles. The van der Waals surface area contributed by atoms with Gasteiger partial charge in [0, 0.05) is 12.8 Å². The summed E-state index contributed by atoms with van der Waals surface area (Å²) in [4.78, 5) is 36.0. The maximum Gasteiger partial charge on any atom is 0.472 e. The number of likely N-dealkylation sites (N-methyl/N-ethyl adjacent to an activating group) is 1. The highest BCUT2D eigenvalue weighted by atomic mass is 31.2. The normalized spacial score (nSPS) is 13.0. The van der Waals surface area contributed by atoms with Crippen molar-refractivity contribution in [3.8, 4) is 0 Å². The number of carbonyl (C=O) groups is 2. The van der Waals surface area contributed by atoms with Crippen molar-refractivity contribution in [2.24, 2.45) is 0 Å². The van der Waals surface area contributed by atoms with Gasteiger partial charge in [-0.15, -0.1) is 0 Å². The van der Waals surface area contributed by atoms with Gasteiger partial charge in [-0.1, -0.05) is 449 Å². The Bertz CT molecular complexity index is 1720. The van der Waals surface area contributed by atoms with E-state index in [4.69, 9.17) is 18.5 Å². The number of hydrogen-bond acceptors (Lipinski definition) is 7. The number of unbranched alkanes of at least 4 members (excludes halogenated alkanes) is 67. The summed E-state index contributed by atoms with van der Waals surface area (Å²) in [7, 11) is 1.51. The molecule has 0 aliphatic rings. The van der Waals surface area contributed by atoms with Crippen LogP contribution >= 0.6 is 7.82 Å². The van der Waals surface area contributed by atoms with Crippen LogP contribution < -0.4 is 0 Å². The van der Waals surface area contributed by atoms with E-state index in [1.165, 1.54) is 411 Å². The predicted molar refractivity (Wildman–Crippen MR) is 432 cm³/mol. The lowest BCUT2D eigenvalue weighted by molar-refractivity contribution is -0.870. The number of hydrogen-bond donors (Lipinski definition) is 1. The molecule has 588 valence electrons. The van der Waals surface area contributed by atoms with Crippen molar-refractivity contribution in [3.63, 3.8) is 0 Å². The van der Waals surface area contributed by atoms with Crippen LogP contribution in [0.25, 0.3) is 0 Å². The Labute approximate surface area is 619 Å². The van der Waals surface area contributed by atoms with Gasteiger partial charge in [-0.05, 0) is 44.9 Å². The van der Waals surface area contributed by atoms with Crippen LogP contribution in [0.3, 0.4) is 0 Å². The number of carbonyl (C=O) groups excluding carboxylic acids is 2. The zero-order valence-electron chi connectivity index (χ0n) is 67.5. The molecule has 0 aromatic rings. The molecule has 2 atom stereocenters. The van der Waals surface area contributed by atoms with Gasteiger partial charge in [-0.25, -0.2) is 4.57 Å². The second-order valence-corrected chi connectivity index (χ2v) is 33.5. The van der Waals surface area contributed by atoms with Crippen LogP contribution in [0.5, 0.6) is 0 Å². The first-order valence-corrected chi connectivity index (χ1v) is 46.1. The Kier molecular flexibility index (Phi) is 79.4. The van der Waals surface area contributed by atoms with Gasteiger partial charge in [-0.3, -0.25) is 18.6 Å². The number of ether oxygens (including phenoxy) is 2. The van der Waals surface area contributed by atoms with Crippen LogP contribution in [0.1, 0.15) is 483 Å². The number of quaternary nitrogens is 1. The topological polar surface area (TPSA) is 108 Å². The first kappa shape index (κ1) is 97.5. The molecule has 0 bridgehead atoms. The molecule has 0 rings (SSSR count). The second kappa shape index (κ2) is 80.6. The maximum atomic E-state index is 12.9. The highest BCUT2D eigenvalue weighted by molar-refractivity contribution is 7.47. The fraction of sp³-hybridized carbons (Fsp3) is 0.933. The van der Waals surface area contributed by atoms with Crippen LogP contribution in [-0.2, 0) is 32.7 Å². The van der Waals surface area contributed by atoms with Gasteiger partial charge >= 0.3 is 19.8 Å². The van der Waals surface area contributed by atoms with Gasteiger partial charge < -0.3 is 18.9 Å². The molecule has 0 fully saturated rings. The Hall–Kier alpha value is -1.51. The molecule has 0 aromatic carbocycles. The van der Waals surface area contributed by atoms with Gasteiger partial charge in [-0.2, -0.15) is 0 Å². The van der Waals surface area contributed by atoms with Crippen LogP contribution in [0.15, 0.2) is 24.3 Å². The summed E-state index contributed by atoms with van der Waals surface area (Å²) < 4.78 is 34.9. The molecule has 0 aliphatic heterocycles. The Morgan fingerprint density at radius 3 is 0.798 bits per heavy atom. The zero-order valence-corrected chi connectivity index (χ0v) is 68.4. The highest BCUT2D eigenvalue weighted by Gasteiger charge is 2.27. The largest absolute Gasteiger partial charge is 0.472 e. The Balaban J connectivity index is 3.83. The minimum absolute atomic E-state index is 0.0368. The quantitative estimate of drug-likeness (QED) is 0.0211. The molecule has 9 nitrogen and oxygen atoms in total. The number of allylic oxidation sites excluding steroid dienone is 4. The van der Waals surface area contributed by atoms with E-state index in [9.17, 15) is 19.0 Å². The molecule has 0 amide bonds. The third kappa shape index (κ3) is 85.3. The summed E-state index contributed by atoms with van der Waals surface area (Å²) in [5.74, 6) is -0.765. The lowest BCUT2D eigenvalue weighted by atomic mass is 10.0. The molecule has 0 aromatic heterocycles. The smallest absolute Gasteiger partial charge is 0.462 e. The monoisotopic (exact) mass is 1420 g/mol. The first-order chi connectivity index (χ1) is 48.5. The van der Waals surface area contributed by atoms with Gasteiger partial charge in [0.15, 0.2) is 6.10 Å². The fourth-order valence-corrected chi connectivity index (χ4v) is 14.7. The van der Waals surface area contributed by atoms with Crippen LogP contribution in [0, 0.1) is 0 Å². The summed E-state index contributed by atoms with van der Waals surface area (Å²) in [6, 6.07) is 0. The summed E-state index contributed by atoms with van der Waals surface area (Å²) in [6.45, 7) is 4.53. The fourth-order valence-electron chi connectivity index (χ4n) is 13.9. The number of nitrogens with zero attached hydrogens (tertiary/aromatic N) is 1. The molecular formula is C89H175NO8P+. The van der Waals surface area contributed by atoms with Crippen molar-refractivity contribution in [2.45, 2.75) is 489 Å². The average Bonchev–Trinajstić information content (AvgIpc) is 0.987. The number of esters is 2. The van der Waals surface area contributed by atoms with E-state index in [0.29, 0.717) is 17.4 Å². The second-order valence-electron chi connectivity index (χ2n) is 32.0. The average molecular weight is 1420 g/mol. The van der Waals surface area contributed by atoms with Crippen LogP contribution in [0.2, 0.25) is 0 Å². The van der Waals surface area contributed by atoms with E-state index >= 15 is 0 Å². The molecule has 0 saturated heterocycles. The lowest BCUT2D eigenvalue weighted by Crippen LogP contribution is -2.37. The van der Waals surface area contributed by atoms with Crippen molar-refractivity contribution in [3.05, 3.63) is 24.3 Å². The standard InChI is InChI=1S/C89H174NO8P/c1-6-8-10-12-14-16-18-20-22-24-26-28-30-32-34-36-38-40-42-43-44-45-46-47-48-50-52-54-56-58-60-62-64-66-68-70-72-74-76-78-80-82-89(92)98-87(86-97-99(93,94)96-84-83-90(3,4)5)85-95-88(91)81-79-77-75-73-71-69-67-65-63-61-59-57-55-53-51-49-41-39-37-35-33-31-29-27-25-23-21-19-17-15-13-11-9-7-2/h18,20,24,26,87H,6-17,19,21-23,25,27-86H2,1-5H3/p+1/b20-18-,26-24-. The molecule has 1 N–H and O–H groups in total. The minimum Gasteiger partial charge on any atom is -0.462 e. The minimum atomic E-state index is -4.39. The Morgan fingerprint density at radius 1 is 0.313 bits per heavy atom. The van der Waals surface area contributed by atoms with E-state index in [2.05, 4.69) is 38.2 Å². The lowest BCUT2D eigenvalue weighted by Gasteiger charge is -2.24. The third-order valence-corrected chi connectivity index (χ3v) is 21.7. The molecular weight excluding hydrogens is 1240 g/mol. The maximum absolute atomic E-state index is 12.9. The Morgan fingerprint density at radius 2 is 0.545 bits per heavy atom. The van der Waals surface area contributed by atoms with E-state index < -0.39 is 26.5 Å². The van der Waals surface area contributed by atoms with Gasteiger partial charge in [0.2, 0.25) is 0 Å². The molecule has 0 heterocycles. The van der Waals surface area contributed by atoms with Crippen LogP contribution in [-0.4, -0.2) is 74.9 Å². The van der Waals surface area contributed by atoms with E-state index in [-0.39, 0.29) is 25.6 Å². The summed E-state index contributed by atoms with van der Waals surface area (Å²) in [5, 5.41) is 0. The van der Waals surface area contributed by atoms with Crippen molar-refractivity contribution in [2.75, 3.05) is 47.5 Å². The SMILES string of the molecule is CCCCCCC/C=C\C/C=C\CCCCCCCCCCCCCCCCCCCCCCCCCCCCCCCC(=O)OC(COC(=O)CCCCCCCCCCCCCCCCCCCCCCCCCCCCCCCCCCCC)COP(=O)(O)OCC[N+](C)(C)C. The summed E-state index contributed by atoms with van der Waals surface area (Å²) >= 11 is 0. The molecule has 0 saturated carbocycles. The number of phosphoric ester groups is 1. The third-order valence-electron chi connectivity index (χ3n) is 20.7. The summed E-state index contributed by atoms with van der Waals surface area (Å²) in [5.41, 5.74) is 0. The van der Waals surface area contributed by atoms with Gasteiger partial charge in [0.1, 0.15) is 19.8 Å². The van der Waals surface area contributed by atoms with E-state index in [0.717, 1.165) is 44.9 Å². The van der Waals surface area contributed by atoms with Gasteiger partial charge in [0.25, 0.3) is 0 Å². The van der Waals surface area contributed by atoms with E-state index in [1.54, 1.807) is 0 Å². The molecule has 10 heteroatoms. The van der Waals surface area contributed by atoms with E-state index in [1.807, 2.05) is 21.1 Å². The predicted octanol–water partition coefficient (Wildman–Crippen LogP) is 29.9. The van der Waals surface area contributed by atoms with Crippen LogP contribution in [0.4, 0.5) is 0 Å². The van der Waals surface area contributed by atoms with Gasteiger partial charge in [0.05, 0.1) is 27.7 Å². The van der Waals surface area contributed by atoms with Crippen molar-refractivity contribution >= 4 is 19.8 Å². The molecule has 0 spiro atoms. The van der Waals surface area contributed by atoms with Crippen molar-refractivity contribution in [1.82, 2.24) is 0 Å². The summed E-state index contributed by atoms with van der Waals surface area (Å²) in [6.07, 6.45) is 105. The number of rotatable bonds is 85.